The first-order valence-electron chi connectivity index (χ1n) is 5.33. The number of rotatable bonds is 3. The minimum atomic E-state index is -0.214. The van der Waals surface area contributed by atoms with Gasteiger partial charge in [-0.05, 0) is 13.0 Å². The molecule has 1 heterocycles. The van der Waals surface area contributed by atoms with Gasteiger partial charge in [0.25, 0.3) is 0 Å². The van der Waals surface area contributed by atoms with Crippen LogP contribution >= 0.6 is 0 Å². The zero-order valence-electron chi connectivity index (χ0n) is 9.23. The maximum absolute atomic E-state index is 11.4. The lowest BCUT2D eigenvalue weighted by atomic mass is 9.96. The molecule has 1 aromatic carbocycles. The summed E-state index contributed by atoms with van der Waals surface area (Å²) in [7, 11) is 0. The average Bonchev–Trinajstić information content (AvgIpc) is 2.56. The van der Waals surface area contributed by atoms with Crippen molar-refractivity contribution in [3.05, 3.63) is 42.2 Å². The molecule has 1 aromatic rings. The molecule has 0 unspecified atom stereocenters. The maximum atomic E-state index is 11.4. The molecule has 1 aliphatic heterocycles. The lowest BCUT2D eigenvalue weighted by Gasteiger charge is -2.08. The van der Waals surface area contributed by atoms with E-state index in [4.69, 9.17) is 9.47 Å². The van der Waals surface area contributed by atoms with Crippen LogP contribution in [0.2, 0.25) is 0 Å². The Kier molecular flexibility index (Phi) is 2.95. The van der Waals surface area contributed by atoms with Gasteiger partial charge in [0.05, 0.1) is 18.9 Å². The summed E-state index contributed by atoms with van der Waals surface area (Å²) in [4.78, 5) is 11.4. The molecule has 84 valence electrons. The molecule has 0 amide bonds. The topological polar surface area (TPSA) is 35.5 Å². The molecule has 0 aromatic heterocycles. The molecule has 1 aliphatic rings. The molecule has 3 heteroatoms. The molecule has 0 spiro atoms. The summed E-state index contributed by atoms with van der Waals surface area (Å²) in [6, 6.07) is 7.67. The zero-order valence-corrected chi connectivity index (χ0v) is 9.23. The van der Waals surface area contributed by atoms with E-state index in [1.54, 1.807) is 6.92 Å². The Morgan fingerprint density at radius 3 is 3.00 bits per heavy atom. The third-order valence-electron chi connectivity index (χ3n) is 2.60. The quantitative estimate of drug-likeness (QED) is 0.731. The van der Waals surface area contributed by atoms with Gasteiger partial charge in [0, 0.05) is 5.56 Å². The van der Waals surface area contributed by atoms with Crippen molar-refractivity contribution in [3.63, 3.8) is 0 Å². The van der Waals surface area contributed by atoms with Crippen LogP contribution in [-0.2, 0) is 9.53 Å². The highest BCUT2D eigenvalue weighted by molar-refractivity contribution is 5.72. The van der Waals surface area contributed by atoms with Gasteiger partial charge in [-0.2, -0.15) is 0 Å². The zero-order chi connectivity index (χ0) is 11.5. The van der Waals surface area contributed by atoms with E-state index in [-0.39, 0.29) is 11.9 Å². The first kappa shape index (κ1) is 10.7. The predicted octanol–water partition coefficient (Wildman–Crippen LogP) is 2.63. The standard InChI is InChI=1S/C13H14O3/c1-3-15-13(14)8-11-9(2)16-12-7-5-4-6-10(11)12/h4-7,11H,2-3,8H2,1H3/t11-/m1/s1. The van der Waals surface area contributed by atoms with Crippen LogP contribution in [-0.4, -0.2) is 12.6 Å². The monoisotopic (exact) mass is 218 g/mol. The number of ether oxygens (including phenoxy) is 2. The summed E-state index contributed by atoms with van der Waals surface area (Å²) in [5.74, 6) is 1.13. The third kappa shape index (κ3) is 1.94. The molecule has 1 atom stereocenters. The molecule has 0 saturated carbocycles. The van der Waals surface area contributed by atoms with Crippen LogP contribution in [0.15, 0.2) is 36.6 Å². The Morgan fingerprint density at radius 2 is 2.25 bits per heavy atom. The highest BCUT2D eigenvalue weighted by Gasteiger charge is 2.30. The number of esters is 1. The Hall–Kier alpha value is -1.77. The smallest absolute Gasteiger partial charge is 0.306 e. The van der Waals surface area contributed by atoms with E-state index < -0.39 is 0 Å². The Labute approximate surface area is 94.7 Å². The van der Waals surface area contributed by atoms with Crippen LogP contribution in [0.1, 0.15) is 24.8 Å². The number of hydrogen-bond donors (Lipinski definition) is 0. The minimum absolute atomic E-state index is 0.0738. The number of carbonyl (C=O) groups excluding carboxylic acids is 1. The molecular formula is C13H14O3. The van der Waals surface area contributed by atoms with Crippen molar-refractivity contribution in [3.8, 4) is 5.75 Å². The molecule has 0 N–H and O–H groups in total. The van der Waals surface area contributed by atoms with Crippen LogP contribution in [0.5, 0.6) is 5.75 Å². The lowest BCUT2D eigenvalue weighted by molar-refractivity contribution is -0.143. The van der Waals surface area contributed by atoms with Crippen LogP contribution in [0, 0.1) is 0 Å². The number of para-hydroxylation sites is 1. The summed E-state index contributed by atoms with van der Waals surface area (Å²) in [5, 5.41) is 0. The minimum Gasteiger partial charge on any atom is -0.466 e. The second kappa shape index (κ2) is 4.39. The second-order valence-corrected chi connectivity index (χ2v) is 3.67. The van der Waals surface area contributed by atoms with Gasteiger partial charge in [0.2, 0.25) is 0 Å². The predicted molar refractivity (Wildman–Crippen MR) is 60.2 cm³/mol. The Morgan fingerprint density at radius 1 is 1.50 bits per heavy atom. The summed E-state index contributed by atoms with van der Waals surface area (Å²) in [6.45, 7) is 6.03. The normalized spacial score (nSPS) is 17.8. The van der Waals surface area contributed by atoms with Crippen LogP contribution < -0.4 is 4.74 Å². The van der Waals surface area contributed by atoms with Crippen molar-refractivity contribution in [1.82, 2.24) is 0 Å². The van der Waals surface area contributed by atoms with E-state index in [0.29, 0.717) is 18.8 Å². The van der Waals surface area contributed by atoms with Crippen LogP contribution in [0.3, 0.4) is 0 Å². The van der Waals surface area contributed by atoms with Crippen molar-refractivity contribution in [2.24, 2.45) is 0 Å². The number of hydrogen-bond acceptors (Lipinski definition) is 3. The van der Waals surface area contributed by atoms with Gasteiger partial charge < -0.3 is 9.47 Å². The van der Waals surface area contributed by atoms with Crippen molar-refractivity contribution < 1.29 is 14.3 Å². The van der Waals surface area contributed by atoms with Gasteiger partial charge >= 0.3 is 5.97 Å². The first-order valence-corrected chi connectivity index (χ1v) is 5.33. The van der Waals surface area contributed by atoms with Crippen molar-refractivity contribution >= 4 is 5.97 Å². The largest absolute Gasteiger partial charge is 0.466 e. The van der Waals surface area contributed by atoms with Crippen molar-refractivity contribution in [2.75, 3.05) is 6.61 Å². The van der Waals surface area contributed by atoms with Gasteiger partial charge in [-0.1, -0.05) is 24.8 Å². The second-order valence-electron chi connectivity index (χ2n) is 3.67. The summed E-state index contributed by atoms with van der Waals surface area (Å²) in [6.07, 6.45) is 0.295. The molecule has 0 fully saturated rings. The van der Waals surface area contributed by atoms with E-state index in [1.807, 2.05) is 24.3 Å². The fourth-order valence-corrected chi connectivity index (χ4v) is 1.86. The van der Waals surface area contributed by atoms with E-state index in [9.17, 15) is 4.79 Å². The van der Waals surface area contributed by atoms with E-state index in [0.717, 1.165) is 11.3 Å². The van der Waals surface area contributed by atoms with Crippen LogP contribution in [0.25, 0.3) is 0 Å². The number of allylic oxidation sites excluding steroid dienone is 1. The maximum Gasteiger partial charge on any atom is 0.306 e. The number of benzene rings is 1. The fraction of sp³-hybridized carbons (Fsp3) is 0.308. The third-order valence-corrected chi connectivity index (χ3v) is 2.60. The van der Waals surface area contributed by atoms with Crippen molar-refractivity contribution in [2.45, 2.75) is 19.3 Å². The van der Waals surface area contributed by atoms with Crippen LogP contribution in [0.4, 0.5) is 0 Å². The summed E-state index contributed by atoms with van der Waals surface area (Å²) < 4.78 is 10.4. The molecule has 2 rings (SSSR count). The lowest BCUT2D eigenvalue weighted by Crippen LogP contribution is -2.10. The summed E-state index contributed by atoms with van der Waals surface area (Å²) in [5.41, 5.74) is 1.01. The molecule has 3 nitrogen and oxygen atoms in total. The SMILES string of the molecule is C=C1Oc2ccccc2[C@@H]1CC(=O)OCC. The first-order chi connectivity index (χ1) is 7.72. The van der Waals surface area contributed by atoms with Crippen molar-refractivity contribution in [1.29, 1.82) is 0 Å². The van der Waals surface area contributed by atoms with Gasteiger partial charge in [-0.15, -0.1) is 0 Å². The van der Waals surface area contributed by atoms with E-state index >= 15 is 0 Å². The van der Waals surface area contributed by atoms with E-state index in [1.165, 1.54) is 0 Å². The fourth-order valence-electron chi connectivity index (χ4n) is 1.86. The molecule has 0 aliphatic carbocycles. The Balaban J connectivity index is 2.16. The van der Waals surface area contributed by atoms with Gasteiger partial charge in [0.1, 0.15) is 11.5 Å². The van der Waals surface area contributed by atoms with Gasteiger partial charge in [0.15, 0.2) is 0 Å². The highest BCUT2D eigenvalue weighted by atomic mass is 16.5. The van der Waals surface area contributed by atoms with Gasteiger partial charge in [-0.25, -0.2) is 0 Å². The molecule has 0 radical (unpaired) electrons. The molecular weight excluding hydrogens is 204 g/mol. The number of carbonyl (C=O) groups is 1. The molecule has 0 bridgehead atoms. The Bertz CT molecular complexity index is 423. The molecule has 0 saturated heterocycles. The summed E-state index contributed by atoms with van der Waals surface area (Å²) >= 11 is 0. The molecule has 16 heavy (non-hydrogen) atoms. The number of fused-ring (bicyclic) bond motifs is 1. The highest BCUT2D eigenvalue weighted by Crippen LogP contribution is 2.41. The van der Waals surface area contributed by atoms with E-state index in [2.05, 4.69) is 6.58 Å². The average molecular weight is 218 g/mol. The van der Waals surface area contributed by atoms with Gasteiger partial charge in [-0.3, -0.25) is 4.79 Å².